The van der Waals surface area contributed by atoms with Gasteiger partial charge in [0, 0.05) is 17.1 Å². The van der Waals surface area contributed by atoms with E-state index in [1.165, 1.54) is 19.1 Å². The van der Waals surface area contributed by atoms with E-state index < -0.39 is 5.97 Å². The number of ether oxygens (including phenoxy) is 2. The second kappa shape index (κ2) is 8.46. The second-order valence-electron chi connectivity index (χ2n) is 7.98. The molecule has 1 aliphatic rings. The largest absolute Gasteiger partial charge is 0.480 e. The van der Waals surface area contributed by atoms with Gasteiger partial charge in [-0.3, -0.25) is 0 Å². The van der Waals surface area contributed by atoms with Crippen LogP contribution in [0.1, 0.15) is 48.0 Å². The summed E-state index contributed by atoms with van der Waals surface area (Å²) in [5.41, 5.74) is 5.24. The van der Waals surface area contributed by atoms with Crippen LogP contribution in [0.15, 0.2) is 60.8 Å². The Morgan fingerprint density at radius 1 is 1.12 bits per heavy atom. The summed E-state index contributed by atoms with van der Waals surface area (Å²) >= 11 is 0. The van der Waals surface area contributed by atoms with Crippen LogP contribution >= 0.6 is 0 Å². The number of carbonyl (C=O) groups is 1. The molecule has 162 valence electrons. The van der Waals surface area contributed by atoms with Gasteiger partial charge in [-0.25, -0.2) is 14.5 Å². The first kappa shape index (κ1) is 20.2. The lowest BCUT2D eigenvalue weighted by molar-refractivity contribution is 0.0522. The average molecular weight is 428 g/mol. The van der Waals surface area contributed by atoms with Crippen LogP contribution in [0.25, 0.3) is 27.8 Å². The predicted molar refractivity (Wildman–Crippen MR) is 123 cm³/mol. The van der Waals surface area contributed by atoms with Crippen LogP contribution in [0.5, 0.6) is 5.88 Å². The molecule has 0 bridgehead atoms. The molecular weight excluding hydrogens is 402 g/mol. The van der Waals surface area contributed by atoms with Crippen LogP contribution in [0.4, 0.5) is 0 Å². The molecule has 0 amide bonds. The minimum Gasteiger partial charge on any atom is -0.480 e. The number of hydrogen-bond acceptors (Lipinski definition) is 5. The van der Waals surface area contributed by atoms with Gasteiger partial charge in [0.1, 0.15) is 5.56 Å². The Bertz CT molecular complexity index is 1280. The monoisotopic (exact) mass is 427 g/mol. The number of carbonyl (C=O) groups excluding carboxylic acids is 1. The molecule has 2 aromatic heterocycles. The van der Waals surface area contributed by atoms with Crippen LogP contribution in [-0.2, 0) is 4.74 Å². The lowest BCUT2D eigenvalue weighted by atomic mass is 9.77. The van der Waals surface area contributed by atoms with Crippen LogP contribution < -0.4 is 4.74 Å². The quantitative estimate of drug-likeness (QED) is 0.378. The molecule has 0 spiro atoms. The fourth-order valence-corrected chi connectivity index (χ4v) is 4.26. The smallest absolute Gasteiger partial charge is 0.343 e. The normalized spacial score (nSPS) is 13.7. The van der Waals surface area contributed by atoms with Gasteiger partial charge in [0.15, 0.2) is 0 Å². The van der Waals surface area contributed by atoms with Crippen LogP contribution in [0.3, 0.4) is 0 Å². The summed E-state index contributed by atoms with van der Waals surface area (Å²) in [6.45, 7) is 2.08. The number of rotatable bonds is 6. The van der Waals surface area contributed by atoms with E-state index in [-0.39, 0.29) is 5.88 Å². The number of aromatic nitrogens is 3. The Balaban J connectivity index is 1.70. The van der Waals surface area contributed by atoms with Gasteiger partial charge < -0.3 is 9.47 Å². The van der Waals surface area contributed by atoms with Crippen molar-refractivity contribution >= 4 is 16.9 Å². The fourth-order valence-electron chi connectivity index (χ4n) is 4.26. The molecule has 2 heterocycles. The molecule has 0 aliphatic heterocycles. The Morgan fingerprint density at radius 3 is 2.62 bits per heavy atom. The minimum absolute atomic E-state index is 0.269. The zero-order valence-electron chi connectivity index (χ0n) is 18.2. The van der Waals surface area contributed by atoms with Gasteiger partial charge in [-0.1, -0.05) is 36.8 Å². The summed E-state index contributed by atoms with van der Waals surface area (Å²) in [6, 6.07) is 18.1. The molecule has 6 nitrogen and oxygen atoms in total. The van der Waals surface area contributed by atoms with Crippen molar-refractivity contribution in [2.45, 2.75) is 32.1 Å². The molecule has 0 atom stereocenters. The van der Waals surface area contributed by atoms with Gasteiger partial charge in [0.05, 0.1) is 30.6 Å². The summed E-state index contributed by atoms with van der Waals surface area (Å²) in [5, 5.41) is 5.75. The Morgan fingerprint density at radius 2 is 1.94 bits per heavy atom. The van der Waals surface area contributed by atoms with E-state index in [0.29, 0.717) is 18.1 Å². The molecule has 0 saturated heterocycles. The first-order valence-corrected chi connectivity index (χ1v) is 11.0. The zero-order chi connectivity index (χ0) is 22.1. The van der Waals surface area contributed by atoms with Gasteiger partial charge in [-0.05, 0) is 55.5 Å². The average Bonchev–Trinajstić information content (AvgIpc) is 3.27. The lowest BCUT2D eigenvalue weighted by Gasteiger charge is -2.28. The van der Waals surface area contributed by atoms with Crippen LogP contribution in [-0.4, -0.2) is 34.5 Å². The van der Waals surface area contributed by atoms with E-state index in [1.54, 1.807) is 13.0 Å². The van der Waals surface area contributed by atoms with Gasteiger partial charge in [-0.2, -0.15) is 5.10 Å². The summed E-state index contributed by atoms with van der Waals surface area (Å²) in [4.78, 5) is 17.2. The maximum Gasteiger partial charge on any atom is 0.343 e. The van der Waals surface area contributed by atoms with E-state index in [2.05, 4.69) is 6.07 Å². The molecule has 1 saturated carbocycles. The second-order valence-corrected chi connectivity index (χ2v) is 7.98. The highest BCUT2D eigenvalue weighted by molar-refractivity contribution is 6.01. The van der Waals surface area contributed by atoms with Crippen LogP contribution in [0.2, 0.25) is 0 Å². The van der Waals surface area contributed by atoms with Gasteiger partial charge in [0.25, 0.3) is 0 Å². The Hall–Kier alpha value is -3.67. The molecule has 5 rings (SSSR count). The summed E-state index contributed by atoms with van der Waals surface area (Å²) < 4.78 is 12.6. The molecule has 0 radical (unpaired) electrons. The molecule has 32 heavy (non-hydrogen) atoms. The van der Waals surface area contributed by atoms with Gasteiger partial charge in [-0.15, -0.1) is 0 Å². The molecular formula is C26H25N3O3. The lowest BCUT2D eigenvalue weighted by Crippen LogP contribution is -2.12. The van der Waals surface area contributed by atoms with Gasteiger partial charge in [0.2, 0.25) is 5.88 Å². The third-order valence-electron chi connectivity index (χ3n) is 6.08. The molecule has 1 fully saturated rings. The van der Waals surface area contributed by atoms with Crippen molar-refractivity contribution in [3.63, 3.8) is 0 Å². The molecule has 0 unspecified atom stereocenters. The number of benzene rings is 2. The highest BCUT2D eigenvalue weighted by atomic mass is 16.5. The maximum absolute atomic E-state index is 12.5. The number of esters is 1. The topological polar surface area (TPSA) is 66.2 Å². The third-order valence-corrected chi connectivity index (χ3v) is 6.08. The Labute approximate surface area is 186 Å². The van der Waals surface area contributed by atoms with E-state index in [4.69, 9.17) is 19.6 Å². The van der Waals surface area contributed by atoms with Crippen LogP contribution in [0, 0.1) is 0 Å². The number of fused-ring (bicyclic) bond motifs is 1. The van der Waals surface area contributed by atoms with Crippen molar-refractivity contribution < 1.29 is 14.3 Å². The van der Waals surface area contributed by atoms with Crippen molar-refractivity contribution in [2.24, 2.45) is 0 Å². The highest BCUT2D eigenvalue weighted by Crippen LogP contribution is 2.44. The third kappa shape index (κ3) is 3.51. The summed E-state index contributed by atoms with van der Waals surface area (Å²) in [6.07, 6.45) is 5.53. The number of pyridine rings is 1. The molecule has 1 aliphatic carbocycles. The minimum atomic E-state index is -0.434. The van der Waals surface area contributed by atoms with E-state index >= 15 is 0 Å². The first-order valence-electron chi connectivity index (χ1n) is 11.0. The van der Waals surface area contributed by atoms with Crippen molar-refractivity contribution in [3.8, 4) is 22.8 Å². The van der Waals surface area contributed by atoms with E-state index in [1.807, 2.05) is 53.3 Å². The first-order chi connectivity index (χ1) is 15.7. The molecule has 0 N–H and O–H groups in total. The van der Waals surface area contributed by atoms with E-state index in [9.17, 15) is 4.79 Å². The zero-order valence-corrected chi connectivity index (χ0v) is 18.2. The molecule has 6 heteroatoms. The molecule has 4 aromatic rings. The standard InChI is InChI=1S/C26H25N3O3/c1-3-32-26(30)21-16-18-12-13-20(17-8-7-9-17)23(24(18)27-25(21)31-2)22-14-15-29(28-22)19-10-5-4-6-11-19/h4-6,10-17H,3,7-9H2,1-2H3. The van der Waals surface area contributed by atoms with E-state index in [0.717, 1.165) is 40.7 Å². The van der Waals surface area contributed by atoms with Crippen molar-refractivity contribution in [1.82, 2.24) is 14.8 Å². The maximum atomic E-state index is 12.5. The highest BCUT2D eigenvalue weighted by Gasteiger charge is 2.27. The number of nitrogens with zero attached hydrogens (tertiary/aromatic N) is 3. The summed E-state index contributed by atoms with van der Waals surface area (Å²) in [7, 11) is 1.52. The Kier molecular flexibility index (Phi) is 5.35. The SMILES string of the molecule is CCOC(=O)c1cc2ccc(C3CCC3)c(-c3ccn(-c4ccccc4)n3)c2nc1OC. The summed E-state index contributed by atoms with van der Waals surface area (Å²) in [5.74, 6) is 0.330. The number of methoxy groups -OCH3 is 1. The predicted octanol–water partition coefficient (Wildman–Crippen LogP) is 5.54. The fraction of sp³-hybridized carbons (Fsp3) is 0.269. The number of hydrogen-bond donors (Lipinski definition) is 0. The van der Waals surface area contributed by atoms with Crippen molar-refractivity contribution in [2.75, 3.05) is 13.7 Å². The number of para-hydroxylation sites is 1. The van der Waals surface area contributed by atoms with Gasteiger partial charge >= 0.3 is 5.97 Å². The molecule has 2 aromatic carbocycles. The van der Waals surface area contributed by atoms with Crippen molar-refractivity contribution in [3.05, 3.63) is 71.9 Å². The van der Waals surface area contributed by atoms with Crippen molar-refractivity contribution in [1.29, 1.82) is 0 Å².